The van der Waals surface area contributed by atoms with Crippen molar-refractivity contribution in [1.29, 1.82) is 0 Å². The highest BCUT2D eigenvalue weighted by Crippen LogP contribution is 2.31. The second-order valence-corrected chi connectivity index (χ2v) is 5.79. The van der Waals surface area contributed by atoms with Crippen LogP contribution in [0, 0.1) is 6.92 Å². The van der Waals surface area contributed by atoms with E-state index < -0.39 is 0 Å². The zero-order valence-corrected chi connectivity index (χ0v) is 15.3. The zero-order valence-electron chi connectivity index (χ0n) is 15.3. The number of H-pyrrole nitrogens is 1. The molecule has 2 N–H and O–H groups in total. The summed E-state index contributed by atoms with van der Waals surface area (Å²) < 4.78 is 10.5. The van der Waals surface area contributed by atoms with Gasteiger partial charge in [0.2, 0.25) is 0 Å². The van der Waals surface area contributed by atoms with Crippen LogP contribution in [0.1, 0.15) is 21.6 Å². The molecule has 1 aromatic heterocycles. The lowest BCUT2D eigenvalue weighted by atomic mass is 10.1. The highest BCUT2D eigenvalue weighted by molar-refractivity contribution is 5.94. The second-order valence-electron chi connectivity index (χ2n) is 5.79. The first-order chi connectivity index (χ1) is 13.1. The van der Waals surface area contributed by atoms with E-state index in [4.69, 9.17) is 9.47 Å². The third-order valence-corrected chi connectivity index (χ3v) is 4.06. The quantitative estimate of drug-likeness (QED) is 0.519. The largest absolute Gasteiger partial charge is 0.493 e. The van der Waals surface area contributed by atoms with Gasteiger partial charge in [-0.2, -0.15) is 10.2 Å². The Morgan fingerprint density at radius 2 is 1.89 bits per heavy atom. The number of aromatic amines is 1. The molecular formula is C20H20N4O3. The van der Waals surface area contributed by atoms with Gasteiger partial charge in [-0.25, -0.2) is 5.43 Å². The average Bonchev–Trinajstić information content (AvgIpc) is 3.19. The molecule has 1 heterocycles. The molecule has 0 aliphatic heterocycles. The number of methoxy groups -OCH3 is 2. The van der Waals surface area contributed by atoms with Crippen LogP contribution >= 0.6 is 0 Å². The van der Waals surface area contributed by atoms with E-state index in [-0.39, 0.29) is 5.91 Å². The number of nitrogens with one attached hydrogen (secondary N) is 2. The van der Waals surface area contributed by atoms with Crippen molar-refractivity contribution in [2.24, 2.45) is 5.10 Å². The van der Waals surface area contributed by atoms with Crippen LogP contribution in [0.4, 0.5) is 0 Å². The predicted molar refractivity (Wildman–Crippen MR) is 103 cm³/mol. The van der Waals surface area contributed by atoms with Crippen molar-refractivity contribution < 1.29 is 14.3 Å². The molecule has 7 heteroatoms. The van der Waals surface area contributed by atoms with E-state index in [0.717, 1.165) is 16.7 Å². The number of hydrogen-bond donors (Lipinski definition) is 2. The number of hydrogen-bond acceptors (Lipinski definition) is 5. The smallest absolute Gasteiger partial charge is 0.289 e. The van der Waals surface area contributed by atoms with E-state index in [1.54, 1.807) is 38.6 Å². The van der Waals surface area contributed by atoms with Crippen molar-refractivity contribution >= 4 is 12.1 Å². The number of amides is 1. The standard InChI is InChI=1S/C20H20N4O3/c1-13-6-4-5-7-15(13)12-21-24-20(25)17-11-16(22-23-17)14-8-9-18(26-2)19(10-14)27-3/h4-12H,1-3H3,(H,22,23)(H,24,25)/b21-12+. The number of aromatic nitrogens is 2. The van der Waals surface area contributed by atoms with Crippen LogP contribution in [0.2, 0.25) is 0 Å². The highest BCUT2D eigenvalue weighted by atomic mass is 16.5. The summed E-state index contributed by atoms with van der Waals surface area (Å²) in [5.74, 6) is 0.839. The fourth-order valence-electron chi connectivity index (χ4n) is 2.53. The predicted octanol–water partition coefficient (Wildman–Crippen LogP) is 3.17. The topological polar surface area (TPSA) is 88.6 Å². The number of nitrogens with zero attached hydrogens (tertiary/aromatic N) is 2. The third-order valence-electron chi connectivity index (χ3n) is 4.06. The van der Waals surface area contributed by atoms with Crippen LogP contribution in [0.15, 0.2) is 53.6 Å². The van der Waals surface area contributed by atoms with Crippen LogP contribution in [0.25, 0.3) is 11.3 Å². The molecule has 7 nitrogen and oxygen atoms in total. The summed E-state index contributed by atoms with van der Waals surface area (Å²) in [4.78, 5) is 12.2. The molecule has 0 saturated heterocycles. The molecule has 1 amide bonds. The van der Waals surface area contributed by atoms with Crippen molar-refractivity contribution in [3.8, 4) is 22.8 Å². The van der Waals surface area contributed by atoms with Gasteiger partial charge in [0.05, 0.1) is 26.1 Å². The number of aryl methyl sites for hydroxylation is 1. The van der Waals surface area contributed by atoms with Crippen LogP contribution in [0.3, 0.4) is 0 Å². The zero-order chi connectivity index (χ0) is 19.2. The molecule has 0 atom stereocenters. The van der Waals surface area contributed by atoms with Crippen LogP contribution in [0.5, 0.6) is 11.5 Å². The Hall–Kier alpha value is -3.61. The number of benzene rings is 2. The Balaban J connectivity index is 1.72. The molecule has 138 valence electrons. The maximum atomic E-state index is 12.2. The number of carbonyl (C=O) groups excluding carboxylic acids is 1. The minimum absolute atomic E-state index is 0.307. The van der Waals surface area contributed by atoms with E-state index in [9.17, 15) is 4.79 Å². The Morgan fingerprint density at radius 1 is 1.11 bits per heavy atom. The normalized spacial score (nSPS) is 10.8. The van der Waals surface area contributed by atoms with Crippen LogP contribution < -0.4 is 14.9 Å². The van der Waals surface area contributed by atoms with E-state index in [1.165, 1.54) is 0 Å². The van der Waals surface area contributed by atoms with Gasteiger partial charge >= 0.3 is 0 Å². The molecule has 3 rings (SSSR count). The first-order valence-electron chi connectivity index (χ1n) is 8.29. The molecule has 0 aliphatic rings. The SMILES string of the molecule is COc1ccc(-c2cc(C(=O)N/N=C/c3ccccc3C)[nH]n2)cc1OC. The van der Waals surface area contributed by atoms with E-state index >= 15 is 0 Å². The van der Waals surface area contributed by atoms with Crippen LogP contribution in [-0.2, 0) is 0 Å². The monoisotopic (exact) mass is 364 g/mol. The lowest BCUT2D eigenvalue weighted by Gasteiger charge is -2.08. The number of carbonyl (C=O) groups is 1. The molecule has 3 aromatic rings. The molecule has 0 fully saturated rings. The van der Waals surface area contributed by atoms with Crippen molar-refractivity contribution in [2.45, 2.75) is 6.92 Å². The van der Waals surface area contributed by atoms with Crippen molar-refractivity contribution in [2.75, 3.05) is 14.2 Å². The fraction of sp³-hybridized carbons (Fsp3) is 0.150. The summed E-state index contributed by atoms with van der Waals surface area (Å²) in [5.41, 5.74) is 6.23. The Bertz CT molecular complexity index is 979. The van der Waals surface area contributed by atoms with Crippen molar-refractivity contribution in [1.82, 2.24) is 15.6 Å². The van der Waals surface area contributed by atoms with Gasteiger partial charge in [-0.1, -0.05) is 24.3 Å². The molecule has 0 spiro atoms. The molecule has 2 aromatic carbocycles. The minimum atomic E-state index is -0.376. The molecule has 0 aliphatic carbocycles. The summed E-state index contributed by atoms with van der Waals surface area (Å²) in [6, 6.07) is 14.9. The average molecular weight is 364 g/mol. The van der Waals surface area contributed by atoms with Crippen molar-refractivity contribution in [3.63, 3.8) is 0 Å². The van der Waals surface area contributed by atoms with Gasteiger partial charge in [0, 0.05) is 5.56 Å². The minimum Gasteiger partial charge on any atom is -0.493 e. The Morgan fingerprint density at radius 3 is 2.63 bits per heavy atom. The van der Waals surface area contributed by atoms with Gasteiger partial charge < -0.3 is 9.47 Å². The molecule has 0 bridgehead atoms. The molecule has 27 heavy (non-hydrogen) atoms. The first kappa shape index (κ1) is 18.2. The molecule has 0 radical (unpaired) electrons. The van der Waals surface area contributed by atoms with E-state index in [1.807, 2.05) is 37.3 Å². The van der Waals surface area contributed by atoms with E-state index in [2.05, 4.69) is 20.7 Å². The van der Waals surface area contributed by atoms with Gasteiger partial charge in [-0.3, -0.25) is 9.89 Å². The van der Waals surface area contributed by atoms with Gasteiger partial charge in [0.25, 0.3) is 5.91 Å². The third kappa shape index (κ3) is 4.14. The maximum absolute atomic E-state index is 12.2. The maximum Gasteiger partial charge on any atom is 0.289 e. The summed E-state index contributed by atoms with van der Waals surface area (Å²) in [6.45, 7) is 1.98. The van der Waals surface area contributed by atoms with E-state index in [0.29, 0.717) is 22.9 Å². The summed E-state index contributed by atoms with van der Waals surface area (Å²) in [7, 11) is 3.14. The number of rotatable bonds is 6. The molecular weight excluding hydrogens is 344 g/mol. The van der Waals surface area contributed by atoms with Crippen LogP contribution in [-0.4, -0.2) is 36.5 Å². The number of hydrazone groups is 1. The van der Waals surface area contributed by atoms with Gasteiger partial charge in [0.15, 0.2) is 11.5 Å². The van der Waals surface area contributed by atoms with Gasteiger partial charge in [0.1, 0.15) is 5.69 Å². The lowest BCUT2D eigenvalue weighted by molar-refractivity contribution is 0.0950. The summed E-state index contributed by atoms with van der Waals surface area (Å²) >= 11 is 0. The van der Waals surface area contributed by atoms with Gasteiger partial charge in [-0.15, -0.1) is 0 Å². The van der Waals surface area contributed by atoms with Crippen molar-refractivity contribution in [3.05, 3.63) is 65.4 Å². The summed E-state index contributed by atoms with van der Waals surface area (Å²) in [6.07, 6.45) is 1.61. The Kier molecular flexibility index (Phi) is 5.51. The molecule has 0 saturated carbocycles. The highest BCUT2D eigenvalue weighted by Gasteiger charge is 2.12. The lowest BCUT2D eigenvalue weighted by Crippen LogP contribution is -2.18. The fourth-order valence-corrected chi connectivity index (χ4v) is 2.53. The molecule has 0 unspecified atom stereocenters. The number of ether oxygens (including phenoxy) is 2. The first-order valence-corrected chi connectivity index (χ1v) is 8.29. The second kappa shape index (κ2) is 8.18. The Labute approximate surface area is 157 Å². The van der Waals surface area contributed by atoms with Gasteiger partial charge in [-0.05, 0) is 42.3 Å². The summed E-state index contributed by atoms with van der Waals surface area (Å²) in [5, 5.41) is 10.9.